The zero-order valence-electron chi connectivity index (χ0n) is 16.3. The predicted molar refractivity (Wildman–Crippen MR) is 129 cm³/mol. The number of nitrogens with zero attached hydrogens (tertiary/aromatic N) is 1. The Morgan fingerprint density at radius 1 is 1.00 bits per heavy atom. The summed E-state index contributed by atoms with van der Waals surface area (Å²) in [6, 6.07) is 15.7. The van der Waals surface area contributed by atoms with Crippen LogP contribution in [0.1, 0.15) is 30.9 Å². The molecule has 152 valence electrons. The number of aliphatic imine (C=N–C) groups is 1. The summed E-state index contributed by atoms with van der Waals surface area (Å²) >= 11 is 5.90. The number of anilines is 1. The van der Waals surface area contributed by atoms with E-state index in [4.69, 9.17) is 11.6 Å². The molecule has 0 aliphatic carbocycles. The van der Waals surface area contributed by atoms with Gasteiger partial charge in [0.25, 0.3) is 0 Å². The number of nitrogens with one attached hydrogen (secondary N) is 3. The number of carbonyl (C=O) groups is 1. The average Bonchev–Trinajstić information content (AvgIpc) is 2.67. The number of carbonyl (C=O) groups excluding carboxylic acids is 1. The maximum Gasteiger partial charge on any atom is 0.224 e. The molecule has 0 aliphatic rings. The Morgan fingerprint density at radius 3 is 2.25 bits per heavy atom. The highest BCUT2D eigenvalue weighted by molar-refractivity contribution is 14.0. The second-order valence-electron chi connectivity index (χ2n) is 6.22. The second-order valence-corrected chi connectivity index (χ2v) is 6.66. The summed E-state index contributed by atoms with van der Waals surface area (Å²) in [5.41, 5.74) is 3.16. The molecule has 2 aromatic rings. The van der Waals surface area contributed by atoms with Crippen LogP contribution in [0.3, 0.4) is 0 Å². The van der Waals surface area contributed by atoms with Crippen molar-refractivity contribution in [1.29, 1.82) is 0 Å². The SMILES string of the molecule is CCCC(=O)Nc1ccc(CNC(=NC)NCCc2ccc(Cl)cc2)cc1.I. The van der Waals surface area contributed by atoms with E-state index >= 15 is 0 Å². The van der Waals surface area contributed by atoms with E-state index < -0.39 is 0 Å². The van der Waals surface area contributed by atoms with Crippen molar-refractivity contribution in [2.24, 2.45) is 4.99 Å². The highest BCUT2D eigenvalue weighted by atomic mass is 127. The lowest BCUT2D eigenvalue weighted by Crippen LogP contribution is -2.37. The summed E-state index contributed by atoms with van der Waals surface area (Å²) in [6.07, 6.45) is 2.28. The molecule has 0 aromatic heterocycles. The fraction of sp³-hybridized carbons (Fsp3) is 0.333. The van der Waals surface area contributed by atoms with E-state index in [-0.39, 0.29) is 29.9 Å². The van der Waals surface area contributed by atoms with Gasteiger partial charge in [0.15, 0.2) is 5.96 Å². The lowest BCUT2D eigenvalue weighted by atomic mass is 10.1. The first-order chi connectivity index (χ1) is 13.1. The molecule has 3 N–H and O–H groups in total. The molecule has 0 saturated heterocycles. The number of hydrogen-bond donors (Lipinski definition) is 3. The third kappa shape index (κ3) is 8.93. The normalized spacial score (nSPS) is 10.8. The van der Waals surface area contributed by atoms with Crippen molar-refractivity contribution in [2.75, 3.05) is 18.9 Å². The summed E-state index contributed by atoms with van der Waals surface area (Å²) < 4.78 is 0. The van der Waals surface area contributed by atoms with Crippen molar-refractivity contribution in [3.63, 3.8) is 0 Å². The van der Waals surface area contributed by atoms with Gasteiger partial charge in [-0.15, -0.1) is 24.0 Å². The van der Waals surface area contributed by atoms with E-state index in [9.17, 15) is 4.79 Å². The zero-order chi connectivity index (χ0) is 19.5. The molecule has 0 fully saturated rings. The van der Waals surface area contributed by atoms with Gasteiger partial charge in [-0.25, -0.2) is 0 Å². The van der Waals surface area contributed by atoms with Crippen molar-refractivity contribution in [1.82, 2.24) is 10.6 Å². The largest absolute Gasteiger partial charge is 0.356 e. The standard InChI is InChI=1S/C21H27ClN4O.HI/c1-3-4-20(27)26-19-11-7-17(8-12-19)15-25-21(23-2)24-14-13-16-5-9-18(22)10-6-16;/h5-12H,3-4,13-15H2,1-2H3,(H,26,27)(H2,23,24,25);1H. The van der Waals surface area contributed by atoms with E-state index in [1.54, 1.807) is 7.05 Å². The van der Waals surface area contributed by atoms with Crippen LogP contribution in [-0.4, -0.2) is 25.5 Å². The van der Waals surface area contributed by atoms with Gasteiger partial charge in [0.1, 0.15) is 0 Å². The molecule has 7 heteroatoms. The molecule has 1 amide bonds. The number of benzene rings is 2. The minimum Gasteiger partial charge on any atom is -0.356 e. The van der Waals surface area contributed by atoms with Crippen LogP contribution in [0.15, 0.2) is 53.5 Å². The van der Waals surface area contributed by atoms with E-state index in [0.717, 1.165) is 41.6 Å². The second kappa shape index (κ2) is 13.4. The first kappa shape index (κ1) is 24.2. The summed E-state index contributed by atoms with van der Waals surface area (Å²) in [4.78, 5) is 15.9. The molecule has 0 saturated carbocycles. The highest BCUT2D eigenvalue weighted by Crippen LogP contribution is 2.11. The molecule has 2 aromatic carbocycles. The third-order valence-electron chi connectivity index (χ3n) is 4.02. The van der Waals surface area contributed by atoms with E-state index in [1.165, 1.54) is 5.56 Å². The van der Waals surface area contributed by atoms with Gasteiger partial charge in [-0.1, -0.05) is 42.8 Å². The molecule has 0 spiro atoms. The highest BCUT2D eigenvalue weighted by Gasteiger charge is 2.02. The van der Waals surface area contributed by atoms with Crippen molar-refractivity contribution < 1.29 is 4.79 Å². The van der Waals surface area contributed by atoms with Crippen molar-refractivity contribution >= 4 is 53.1 Å². The number of guanidine groups is 1. The molecule has 5 nitrogen and oxygen atoms in total. The van der Waals surface area contributed by atoms with Crippen LogP contribution in [0.25, 0.3) is 0 Å². The molecule has 0 aliphatic heterocycles. The third-order valence-corrected chi connectivity index (χ3v) is 4.27. The maximum absolute atomic E-state index is 11.6. The van der Waals surface area contributed by atoms with Crippen LogP contribution in [0, 0.1) is 0 Å². The van der Waals surface area contributed by atoms with Gasteiger partial charge in [-0.05, 0) is 48.2 Å². The van der Waals surface area contributed by atoms with E-state index in [2.05, 4.69) is 20.9 Å². The van der Waals surface area contributed by atoms with Gasteiger partial charge < -0.3 is 16.0 Å². The Hall–Kier alpha value is -1.80. The van der Waals surface area contributed by atoms with Crippen LogP contribution in [0.2, 0.25) is 5.02 Å². The summed E-state index contributed by atoms with van der Waals surface area (Å²) in [6.45, 7) is 3.43. The Labute approximate surface area is 189 Å². The Kier molecular flexibility index (Phi) is 11.6. The van der Waals surface area contributed by atoms with Gasteiger partial charge in [0.2, 0.25) is 5.91 Å². The van der Waals surface area contributed by atoms with E-state index in [0.29, 0.717) is 13.0 Å². The van der Waals surface area contributed by atoms with Gasteiger partial charge in [0, 0.05) is 37.3 Å². The molecule has 0 heterocycles. The van der Waals surface area contributed by atoms with Crippen LogP contribution < -0.4 is 16.0 Å². The Balaban J connectivity index is 0.00000392. The topological polar surface area (TPSA) is 65.5 Å². The molecule has 0 bridgehead atoms. The van der Waals surface area contributed by atoms with Crippen molar-refractivity contribution in [2.45, 2.75) is 32.7 Å². The van der Waals surface area contributed by atoms with Gasteiger partial charge >= 0.3 is 0 Å². The molecule has 0 atom stereocenters. The van der Waals surface area contributed by atoms with Crippen LogP contribution in [0.5, 0.6) is 0 Å². The minimum absolute atomic E-state index is 0. The summed E-state index contributed by atoms with van der Waals surface area (Å²) in [5.74, 6) is 0.804. The molecule has 28 heavy (non-hydrogen) atoms. The number of amides is 1. The first-order valence-electron chi connectivity index (χ1n) is 9.18. The molecular formula is C21H28ClIN4O. The van der Waals surface area contributed by atoms with Gasteiger partial charge in [0.05, 0.1) is 0 Å². The van der Waals surface area contributed by atoms with Crippen molar-refractivity contribution in [3.05, 3.63) is 64.7 Å². The van der Waals surface area contributed by atoms with Crippen LogP contribution >= 0.6 is 35.6 Å². The monoisotopic (exact) mass is 514 g/mol. The Morgan fingerprint density at radius 2 is 1.64 bits per heavy atom. The fourth-order valence-electron chi connectivity index (χ4n) is 2.54. The van der Waals surface area contributed by atoms with Gasteiger partial charge in [-0.3, -0.25) is 9.79 Å². The van der Waals surface area contributed by atoms with Gasteiger partial charge in [-0.2, -0.15) is 0 Å². The van der Waals surface area contributed by atoms with Crippen molar-refractivity contribution in [3.8, 4) is 0 Å². The average molecular weight is 515 g/mol. The number of hydrogen-bond acceptors (Lipinski definition) is 2. The molecule has 2 rings (SSSR count). The number of rotatable bonds is 8. The molecule has 0 unspecified atom stereocenters. The smallest absolute Gasteiger partial charge is 0.224 e. The fourth-order valence-corrected chi connectivity index (χ4v) is 2.67. The first-order valence-corrected chi connectivity index (χ1v) is 9.56. The van der Waals surface area contributed by atoms with Crippen LogP contribution in [0.4, 0.5) is 5.69 Å². The lowest BCUT2D eigenvalue weighted by molar-refractivity contribution is -0.116. The molecular weight excluding hydrogens is 487 g/mol. The summed E-state index contributed by atoms with van der Waals surface area (Å²) in [5, 5.41) is 10.2. The maximum atomic E-state index is 11.6. The Bertz CT molecular complexity index is 748. The minimum atomic E-state index is 0. The van der Waals surface area contributed by atoms with E-state index in [1.807, 2.05) is 55.5 Å². The lowest BCUT2D eigenvalue weighted by Gasteiger charge is -2.12. The predicted octanol–water partition coefficient (Wildman–Crippen LogP) is 4.60. The van der Waals surface area contributed by atoms with Crippen LogP contribution in [-0.2, 0) is 17.8 Å². The number of halogens is 2. The summed E-state index contributed by atoms with van der Waals surface area (Å²) in [7, 11) is 1.75. The quantitative estimate of drug-likeness (QED) is 0.274. The molecule has 0 radical (unpaired) electrons. The zero-order valence-corrected chi connectivity index (χ0v) is 19.4.